The zero-order valence-corrected chi connectivity index (χ0v) is 11.8. The zero-order valence-electron chi connectivity index (χ0n) is 9.44. The highest BCUT2D eigenvalue weighted by Crippen LogP contribution is 2.29. The van der Waals surface area contributed by atoms with Gasteiger partial charge < -0.3 is 9.84 Å². The van der Waals surface area contributed by atoms with Crippen LogP contribution < -0.4 is 4.74 Å². The first-order valence-electron chi connectivity index (χ1n) is 5.25. The fraction of sp³-hybridized carbons (Fsp3) is 0.231. The number of hydrogen-bond acceptors (Lipinski definition) is 3. The molecule has 0 spiro atoms. The summed E-state index contributed by atoms with van der Waals surface area (Å²) in [7, 11) is 0. The molecule has 0 radical (unpaired) electrons. The third-order valence-electron chi connectivity index (χ3n) is 2.43. The largest absolute Gasteiger partial charge is 0.487 e. The second-order valence-corrected chi connectivity index (χ2v) is 5.69. The summed E-state index contributed by atoms with van der Waals surface area (Å²) in [6.07, 6.45) is 0. The van der Waals surface area contributed by atoms with Crippen LogP contribution in [0.3, 0.4) is 0 Å². The van der Waals surface area contributed by atoms with Gasteiger partial charge >= 0.3 is 0 Å². The molecular weight excluding hydrogens is 300 g/mol. The van der Waals surface area contributed by atoms with Gasteiger partial charge in [-0.05, 0) is 36.1 Å². The van der Waals surface area contributed by atoms with Crippen molar-refractivity contribution in [1.29, 1.82) is 0 Å². The molecule has 0 amide bonds. The predicted molar refractivity (Wildman–Crippen MR) is 73.5 cm³/mol. The molecule has 2 rings (SSSR count). The molecule has 0 aliphatic heterocycles. The summed E-state index contributed by atoms with van der Waals surface area (Å²) in [6, 6.07) is 7.92. The third-order valence-corrected chi connectivity index (χ3v) is 3.73. The SMILES string of the molecule is Cc1cc(Br)cc(CO)c1OCc1cccs1. The fourth-order valence-electron chi connectivity index (χ4n) is 1.66. The van der Waals surface area contributed by atoms with Gasteiger partial charge in [0.1, 0.15) is 12.4 Å². The topological polar surface area (TPSA) is 29.5 Å². The molecule has 17 heavy (non-hydrogen) atoms. The molecule has 1 aromatic heterocycles. The average Bonchev–Trinajstić information content (AvgIpc) is 2.79. The van der Waals surface area contributed by atoms with E-state index in [9.17, 15) is 5.11 Å². The molecule has 0 aliphatic carbocycles. The molecule has 1 aromatic carbocycles. The number of rotatable bonds is 4. The molecule has 0 atom stereocenters. The molecule has 2 nitrogen and oxygen atoms in total. The summed E-state index contributed by atoms with van der Waals surface area (Å²) in [6.45, 7) is 2.51. The number of halogens is 1. The van der Waals surface area contributed by atoms with E-state index in [-0.39, 0.29) is 6.61 Å². The first-order chi connectivity index (χ1) is 8.20. The van der Waals surface area contributed by atoms with E-state index in [2.05, 4.69) is 15.9 Å². The van der Waals surface area contributed by atoms with E-state index in [0.29, 0.717) is 6.61 Å². The Labute approximate surface area is 113 Å². The number of benzene rings is 1. The Morgan fingerprint density at radius 2 is 2.24 bits per heavy atom. The molecular formula is C13H13BrO2S. The van der Waals surface area contributed by atoms with Crippen molar-refractivity contribution in [2.24, 2.45) is 0 Å². The van der Waals surface area contributed by atoms with E-state index < -0.39 is 0 Å². The molecule has 1 N–H and O–H groups in total. The van der Waals surface area contributed by atoms with Gasteiger partial charge in [-0.15, -0.1) is 11.3 Å². The predicted octanol–water partition coefficient (Wildman–Crippen LogP) is 3.89. The van der Waals surface area contributed by atoms with Crippen LogP contribution in [-0.4, -0.2) is 5.11 Å². The van der Waals surface area contributed by atoms with Gasteiger partial charge in [-0.2, -0.15) is 0 Å². The Kier molecular flexibility index (Phi) is 4.20. The van der Waals surface area contributed by atoms with Crippen LogP contribution in [0.15, 0.2) is 34.1 Å². The van der Waals surface area contributed by atoms with E-state index in [1.807, 2.05) is 36.6 Å². The molecule has 2 aromatic rings. The van der Waals surface area contributed by atoms with Crippen LogP contribution in [0.5, 0.6) is 5.75 Å². The second kappa shape index (κ2) is 5.67. The first kappa shape index (κ1) is 12.6. The molecule has 0 unspecified atom stereocenters. The zero-order chi connectivity index (χ0) is 12.3. The minimum atomic E-state index is -0.0138. The Balaban J connectivity index is 2.19. The molecule has 0 bridgehead atoms. The Hall–Kier alpha value is -0.840. The standard InChI is InChI=1S/C13H13BrO2S/c1-9-5-11(14)6-10(7-15)13(9)16-8-12-3-2-4-17-12/h2-6,15H,7-8H2,1H3. The van der Waals surface area contributed by atoms with Crippen molar-refractivity contribution in [3.8, 4) is 5.75 Å². The average molecular weight is 313 g/mol. The highest BCUT2D eigenvalue weighted by atomic mass is 79.9. The number of aliphatic hydroxyl groups is 1. The monoisotopic (exact) mass is 312 g/mol. The third kappa shape index (κ3) is 3.09. The highest BCUT2D eigenvalue weighted by molar-refractivity contribution is 9.10. The van der Waals surface area contributed by atoms with Crippen LogP contribution in [0.4, 0.5) is 0 Å². The van der Waals surface area contributed by atoms with E-state index in [0.717, 1.165) is 21.3 Å². The summed E-state index contributed by atoms with van der Waals surface area (Å²) in [5.41, 5.74) is 1.84. The van der Waals surface area contributed by atoms with Crippen molar-refractivity contribution in [1.82, 2.24) is 0 Å². The van der Waals surface area contributed by atoms with Crippen molar-refractivity contribution < 1.29 is 9.84 Å². The lowest BCUT2D eigenvalue weighted by Crippen LogP contribution is -1.99. The molecule has 0 saturated carbocycles. The number of thiophene rings is 1. The van der Waals surface area contributed by atoms with Gasteiger partial charge in [-0.25, -0.2) is 0 Å². The van der Waals surface area contributed by atoms with E-state index in [1.165, 1.54) is 4.88 Å². The number of hydrogen-bond donors (Lipinski definition) is 1. The van der Waals surface area contributed by atoms with Crippen LogP contribution >= 0.6 is 27.3 Å². The van der Waals surface area contributed by atoms with Crippen molar-refractivity contribution in [3.05, 3.63) is 50.1 Å². The van der Waals surface area contributed by atoms with E-state index >= 15 is 0 Å². The highest BCUT2D eigenvalue weighted by Gasteiger charge is 2.08. The van der Waals surface area contributed by atoms with Gasteiger partial charge in [-0.3, -0.25) is 0 Å². The smallest absolute Gasteiger partial charge is 0.128 e. The molecule has 4 heteroatoms. The normalized spacial score (nSPS) is 10.5. The van der Waals surface area contributed by atoms with Gasteiger partial charge in [0.25, 0.3) is 0 Å². The van der Waals surface area contributed by atoms with Crippen molar-refractivity contribution in [2.75, 3.05) is 0 Å². The molecule has 90 valence electrons. The fourth-order valence-corrected chi connectivity index (χ4v) is 2.90. The Morgan fingerprint density at radius 1 is 1.41 bits per heavy atom. The number of aliphatic hydroxyl groups excluding tert-OH is 1. The lowest BCUT2D eigenvalue weighted by Gasteiger charge is -2.13. The molecule has 0 saturated heterocycles. The van der Waals surface area contributed by atoms with Gasteiger partial charge in [0, 0.05) is 14.9 Å². The van der Waals surface area contributed by atoms with E-state index in [4.69, 9.17) is 4.74 Å². The van der Waals surface area contributed by atoms with Crippen molar-refractivity contribution in [3.63, 3.8) is 0 Å². The first-order valence-corrected chi connectivity index (χ1v) is 6.93. The minimum absolute atomic E-state index is 0.0138. The number of ether oxygens (including phenoxy) is 1. The Morgan fingerprint density at radius 3 is 2.88 bits per heavy atom. The van der Waals surface area contributed by atoms with Gasteiger partial charge in [0.15, 0.2) is 0 Å². The maximum absolute atomic E-state index is 9.33. The maximum Gasteiger partial charge on any atom is 0.128 e. The maximum atomic E-state index is 9.33. The van der Waals surface area contributed by atoms with Crippen LogP contribution in [-0.2, 0) is 13.2 Å². The van der Waals surface area contributed by atoms with Crippen molar-refractivity contribution >= 4 is 27.3 Å². The second-order valence-electron chi connectivity index (χ2n) is 3.74. The summed E-state index contributed by atoms with van der Waals surface area (Å²) in [5, 5.41) is 11.4. The summed E-state index contributed by atoms with van der Waals surface area (Å²) >= 11 is 5.08. The lowest BCUT2D eigenvalue weighted by molar-refractivity contribution is 0.259. The molecule has 0 fully saturated rings. The van der Waals surface area contributed by atoms with Gasteiger partial charge in [0.05, 0.1) is 6.61 Å². The molecule has 0 aliphatic rings. The summed E-state index contributed by atoms with van der Waals surface area (Å²) in [5.74, 6) is 0.782. The summed E-state index contributed by atoms with van der Waals surface area (Å²) < 4.78 is 6.75. The quantitative estimate of drug-likeness (QED) is 0.928. The Bertz CT molecular complexity index is 494. The van der Waals surface area contributed by atoms with E-state index in [1.54, 1.807) is 11.3 Å². The lowest BCUT2D eigenvalue weighted by atomic mass is 10.1. The minimum Gasteiger partial charge on any atom is -0.487 e. The summed E-state index contributed by atoms with van der Waals surface area (Å²) in [4.78, 5) is 1.18. The van der Waals surface area contributed by atoms with Gasteiger partial charge in [-0.1, -0.05) is 22.0 Å². The van der Waals surface area contributed by atoms with Gasteiger partial charge in [0.2, 0.25) is 0 Å². The van der Waals surface area contributed by atoms with Crippen molar-refractivity contribution in [2.45, 2.75) is 20.1 Å². The molecule has 1 heterocycles. The van der Waals surface area contributed by atoms with Crippen LogP contribution in [0.25, 0.3) is 0 Å². The van der Waals surface area contributed by atoms with Crippen LogP contribution in [0, 0.1) is 6.92 Å². The van der Waals surface area contributed by atoms with Crippen LogP contribution in [0.2, 0.25) is 0 Å². The number of aryl methyl sites for hydroxylation is 1. The van der Waals surface area contributed by atoms with Crippen LogP contribution in [0.1, 0.15) is 16.0 Å².